The number of nitrogens with one attached hydrogen (secondary N) is 1. The third-order valence-electron chi connectivity index (χ3n) is 3.72. The zero-order chi connectivity index (χ0) is 17.8. The van der Waals surface area contributed by atoms with Crippen LogP contribution in [0.25, 0.3) is 16.8 Å². The number of para-hydroxylation sites is 1. The van der Waals surface area contributed by atoms with E-state index >= 15 is 0 Å². The van der Waals surface area contributed by atoms with Crippen LogP contribution in [0.3, 0.4) is 0 Å². The van der Waals surface area contributed by atoms with E-state index in [2.05, 4.69) is 5.32 Å². The van der Waals surface area contributed by atoms with Crippen LogP contribution in [0, 0.1) is 10.1 Å². The predicted octanol–water partition coefficient (Wildman–Crippen LogP) is 3.85. The maximum Gasteiger partial charge on any atom is 0.276 e. The van der Waals surface area contributed by atoms with Gasteiger partial charge in [0.15, 0.2) is 0 Å². The maximum absolute atomic E-state index is 12.3. The second-order valence-corrected chi connectivity index (χ2v) is 5.34. The Kier molecular flexibility index (Phi) is 4.43. The summed E-state index contributed by atoms with van der Waals surface area (Å²) in [6.07, 6.45) is 2.76. The van der Waals surface area contributed by atoms with Crippen molar-refractivity contribution in [1.29, 1.82) is 0 Å². The predicted molar refractivity (Wildman–Crippen MR) is 95.2 cm³/mol. The topological polar surface area (TPSA) is 92.5 Å². The molecule has 0 saturated heterocycles. The van der Waals surface area contributed by atoms with E-state index in [9.17, 15) is 20.0 Å². The largest absolute Gasteiger partial charge is 0.507 e. The quantitative estimate of drug-likeness (QED) is 0.560. The minimum atomic E-state index is -0.502. The molecule has 124 valence electrons. The van der Waals surface area contributed by atoms with Crippen molar-refractivity contribution in [1.82, 2.24) is 5.32 Å². The minimum absolute atomic E-state index is 0.0541. The summed E-state index contributed by atoms with van der Waals surface area (Å²) in [6, 6.07) is 16.7. The third kappa shape index (κ3) is 3.48. The molecule has 3 aromatic carbocycles. The van der Waals surface area contributed by atoms with Gasteiger partial charge in [0.05, 0.1) is 16.1 Å². The Balaban J connectivity index is 1.81. The number of carbonyl (C=O) groups is 1. The number of hydrogen-bond acceptors (Lipinski definition) is 4. The van der Waals surface area contributed by atoms with Gasteiger partial charge in [0.25, 0.3) is 11.6 Å². The van der Waals surface area contributed by atoms with E-state index in [-0.39, 0.29) is 17.0 Å². The standard InChI is InChI=1S/C19H14N2O4/c22-18-12-15-7-2-1-6-14(15)11-16(18)19(23)20-10-9-13-5-3-4-8-17(13)21(24)25/h1-12,22H,(H,20,23)/b10-9+. The minimum Gasteiger partial charge on any atom is -0.507 e. The van der Waals surface area contributed by atoms with Crippen LogP contribution in [0.5, 0.6) is 5.75 Å². The van der Waals surface area contributed by atoms with E-state index in [0.29, 0.717) is 5.56 Å². The summed E-state index contributed by atoms with van der Waals surface area (Å²) in [6.45, 7) is 0. The van der Waals surface area contributed by atoms with Gasteiger partial charge in [-0.25, -0.2) is 0 Å². The fourth-order valence-corrected chi connectivity index (χ4v) is 2.49. The van der Waals surface area contributed by atoms with Crippen LogP contribution in [0.15, 0.2) is 66.9 Å². The van der Waals surface area contributed by atoms with E-state index < -0.39 is 10.8 Å². The summed E-state index contributed by atoms with van der Waals surface area (Å²) in [5.41, 5.74) is 0.447. The van der Waals surface area contributed by atoms with Gasteiger partial charge in [0.2, 0.25) is 0 Å². The van der Waals surface area contributed by atoms with E-state index in [4.69, 9.17) is 0 Å². The number of carbonyl (C=O) groups excluding carboxylic acids is 1. The lowest BCUT2D eigenvalue weighted by Crippen LogP contribution is -2.17. The van der Waals surface area contributed by atoms with E-state index in [1.807, 2.05) is 24.3 Å². The highest BCUT2D eigenvalue weighted by Gasteiger charge is 2.12. The van der Waals surface area contributed by atoms with Crippen molar-refractivity contribution < 1.29 is 14.8 Å². The number of amides is 1. The number of fused-ring (bicyclic) bond motifs is 1. The molecule has 0 aromatic heterocycles. The van der Waals surface area contributed by atoms with Crippen molar-refractivity contribution in [3.63, 3.8) is 0 Å². The van der Waals surface area contributed by atoms with Gasteiger partial charge in [0.1, 0.15) is 5.75 Å². The molecule has 1 amide bonds. The van der Waals surface area contributed by atoms with Crippen molar-refractivity contribution in [3.05, 3.63) is 88.1 Å². The summed E-state index contributed by atoms with van der Waals surface area (Å²) in [5.74, 6) is -0.631. The van der Waals surface area contributed by atoms with E-state index in [0.717, 1.165) is 10.8 Å². The number of phenolic OH excluding ortho intramolecular Hbond substituents is 1. The average Bonchev–Trinajstić information content (AvgIpc) is 2.61. The smallest absolute Gasteiger partial charge is 0.276 e. The Morgan fingerprint density at radius 3 is 2.40 bits per heavy atom. The molecule has 0 radical (unpaired) electrons. The summed E-state index contributed by atoms with van der Waals surface area (Å²) >= 11 is 0. The molecule has 0 unspecified atom stereocenters. The lowest BCUT2D eigenvalue weighted by Gasteiger charge is -2.06. The van der Waals surface area contributed by atoms with Gasteiger partial charge in [-0.05, 0) is 35.0 Å². The molecule has 0 atom stereocenters. The Bertz CT molecular complexity index is 996. The highest BCUT2D eigenvalue weighted by molar-refractivity contribution is 6.02. The molecule has 6 heteroatoms. The van der Waals surface area contributed by atoms with Gasteiger partial charge >= 0.3 is 0 Å². The Morgan fingerprint density at radius 1 is 1.04 bits per heavy atom. The van der Waals surface area contributed by atoms with Crippen LogP contribution >= 0.6 is 0 Å². The second-order valence-electron chi connectivity index (χ2n) is 5.34. The number of nitro groups is 1. The number of nitro benzene ring substituents is 1. The van der Waals surface area contributed by atoms with Crippen molar-refractivity contribution in [2.75, 3.05) is 0 Å². The van der Waals surface area contributed by atoms with Crippen molar-refractivity contribution in [2.24, 2.45) is 0 Å². The summed E-state index contributed by atoms with van der Waals surface area (Å²) < 4.78 is 0. The molecule has 2 N–H and O–H groups in total. The van der Waals surface area contributed by atoms with Crippen LogP contribution in [0.1, 0.15) is 15.9 Å². The SMILES string of the molecule is O=C(N/C=C/c1ccccc1[N+](=O)[O-])c1cc2ccccc2cc1O. The molecule has 0 spiro atoms. The molecule has 0 aliphatic rings. The molecule has 0 aliphatic carbocycles. The molecule has 0 bridgehead atoms. The summed E-state index contributed by atoms with van der Waals surface area (Å²) in [5, 5.41) is 25.2. The first-order valence-corrected chi connectivity index (χ1v) is 7.49. The fraction of sp³-hybridized carbons (Fsp3) is 0. The molecule has 6 nitrogen and oxygen atoms in total. The van der Waals surface area contributed by atoms with Crippen LogP contribution in [0.4, 0.5) is 5.69 Å². The second kappa shape index (κ2) is 6.84. The lowest BCUT2D eigenvalue weighted by atomic mass is 10.1. The van der Waals surface area contributed by atoms with Crippen LogP contribution in [-0.2, 0) is 0 Å². The molecule has 3 rings (SSSR count). The Labute approximate surface area is 143 Å². The zero-order valence-electron chi connectivity index (χ0n) is 13.0. The molecular weight excluding hydrogens is 320 g/mol. The van der Waals surface area contributed by atoms with Crippen LogP contribution in [0.2, 0.25) is 0 Å². The Morgan fingerprint density at radius 2 is 1.68 bits per heavy atom. The molecule has 3 aromatic rings. The van der Waals surface area contributed by atoms with E-state index in [1.54, 1.807) is 24.3 Å². The Hall–Kier alpha value is -3.67. The number of benzene rings is 3. The number of nitrogens with zero attached hydrogens (tertiary/aromatic N) is 1. The first-order valence-electron chi connectivity index (χ1n) is 7.49. The fourth-order valence-electron chi connectivity index (χ4n) is 2.49. The highest BCUT2D eigenvalue weighted by Crippen LogP contribution is 2.25. The van der Waals surface area contributed by atoms with Crippen LogP contribution in [-0.4, -0.2) is 15.9 Å². The van der Waals surface area contributed by atoms with E-state index in [1.165, 1.54) is 24.4 Å². The normalized spacial score (nSPS) is 10.9. The van der Waals surface area contributed by atoms with Crippen LogP contribution < -0.4 is 5.32 Å². The van der Waals surface area contributed by atoms with Gasteiger partial charge in [-0.15, -0.1) is 0 Å². The molecule has 0 aliphatic heterocycles. The molecular formula is C19H14N2O4. The average molecular weight is 334 g/mol. The van der Waals surface area contributed by atoms with Crippen molar-refractivity contribution in [3.8, 4) is 5.75 Å². The van der Waals surface area contributed by atoms with Gasteiger partial charge in [-0.2, -0.15) is 0 Å². The molecule has 0 fully saturated rings. The number of aromatic hydroxyl groups is 1. The van der Waals surface area contributed by atoms with Gasteiger partial charge < -0.3 is 10.4 Å². The highest BCUT2D eigenvalue weighted by atomic mass is 16.6. The first kappa shape index (κ1) is 16.2. The molecule has 25 heavy (non-hydrogen) atoms. The maximum atomic E-state index is 12.3. The van der Waals surface area contributed by atoms with Gasteiger partial charge in [0, 0.05) is 12.3 Å². The third-order valence-corrected chi connectivity index (χ3v) is 3.72. The first-order chi connectivity index (χ1) is 12.1. The lowest BCUT2D eigenvalue weighted by molar-refractivity contribution is -0.385. The zero-order valence-corrected chi connectivity index (χ0v) is 13.0. The number of hydrogen-bond donors (Lipinski definition) is 2. The monoisotopic (exact) mass is 334 g/mol. The number of rotatable bonds is 4. The van der Waals surface area contributed by atoms with Gasteiger partial charge in [-0.3, -0.25) is 14.9 Å². The molecule has 0 saturated carbocycles. The number of phenols is 1. The summed E-state index contributed by atoms with van der Waals surface area (Å²) in [7, 11) is 0. The van der Waals surface area contributed by atoms with Crippen molar-refractivity contribution in [2.45, 2.75) is 0 Å². The molecule has 0 heterocycles. The van der Waals surface area contributed by atoms with Crippen molar-refractivity contribution >= 4 is 28.4 Å². The summed E-state index contributed by atoms with van der Waals surface area (Å²) in [4.78, 5) is 22.7. The van der Waals surface area contributed by atoms with Gasteiger partial charge in [-0.1, -0.05) is 36.4 Å².